The summed E-state index contributed by atoms with van der Waals surface area (Å²) in [4.78, 5) is 0.0587. The van der Waals surface area contributed by atoms with E-state index in [0.29, 0.717) is 13.2 Å². The van der Waals surface area contributed by atoms with E-state index in [0.717, 1.165) is 38.5 Å². The minimum atomic E-state index is -3.92. The van der Waals surface area contributed by atoms with Crippen LogP contribution in [0.3, 0.4) is 0 Å². The van der Waals surface area contributed by atoms with E-state index >= 15 is 0 Å². The molecule has 0 aliphatic heterocycles. The molecule has 0 radical (unpaired) electrons. The van der Waals surface area contributed by atoms with Crippen LogP contribution in [0.2, 0.25) is 0 Å². The van der Waals surface area contributed by atoms with E-state index in [1.165, 1.54) is 203 Å². The van der Waals surface area contributed by atoms with Crippen LogP contribution in [0.5, 0.6) is 23.0 Å². The van der Waals surface area contributed by atoms with Crippen molar-refractivity contribution >= 4 is 9.84 Å². The maximum Gasteiger partial charge on any atom is 0.206 e. The van der Waals surface area contributed by atoms with Gasteiger partial charge in [0.2, 0.25) is 9.84 Å². The molecule has 0 amide bonds. The van der Waals surface area contributed by atoms with Crippen molar-refractivity contribution in [1.29, 1.82) is 0 Å². The molecule has 0 saturated carbocycles. The predicted octanol–water partition coefficient (Wildman–Crippen LogP) is 15.2. The Hall–Kier alpha value is -2.41. The lowest BCUT2D eigenvalue weighted by atomic mass is 10.0. The molecule has 0 heterocycles. The number of benzene rings is 2. The first kappa shape index (κ1) is 48.7. The third-order valence-corrected chi connectivity index (χ3v) is 12.7. The molecule has 0 atom stereocenters. The number of rotatable bonds is 38. The summed E-state index contributed by atoms with van der Waals surface area (Å²) in [7, 11) is -3.92. The Kier molecular flexibility index (Phi) is 28.9. The first-order valence-electron chi connectivity index (χ1n) is 23.1. The third kappa shape index (κ3) is 23.4. The summed E-state index contributed by atoms with van der Waals surface area (Å²) in [6.45, 7) is 5.39. The van der Waals surface area contributed by atoms with Gasteiger partial charge in [-0.25, -0.2) is 8.42 Å². The maximum atomic E-state index is 13.6. The molecule has 7 heteroatoms. The topological polar surface area (TPSA) is 93.1 Å². The highest BCUT2D eigenvalue weighted by molar-refractivity contribution is 7.91. The van der Waals surface area contributed by atoms with Gasteiger partial charge in [-0.3, -0.25) is 0 Å². The summed E-state index contributed by atoms with van der Waals surface area (Å²) in [6, 6.07) is 8.28. The summed E-state index contributed by atoms with van der Waals surface area (Å²) < 4.78 is 38.8. The average molecular weight is 787 g/mol. The first-order chi connectivity index (χ1) is 26.9. The minimum Gasteiger partial charge on any atom is -0.504 e. The van der Waals surface area contributed by atoms with Crippen LogP contribution < -0.4 is 9.47 Å². The Bertz CT molecular complexity index is 1220. The molecule has 2 N–H and O–H groups in total. The predicted molar refractivity (Wildman–Crippen MR) is 232 cm³/mol. The van der Waals surface area contributed by atoms with Gasteiger partial charge in [-0.15, -0.1) is 0 Å². The van der Waals surface area contributed by atoms with Gasteiger partial charge in [-0.1, -0.05) is 206 Å². The fourth-order valence-corrected chi connectivity index (χ4v) is 8.65. The van der Waals surface area contributed by atoms with Gasteiger partial charge in [-0.05, 0) is 37.1 Å². The number of unbranched alkanes of at least 4 members (excludes halogenated alkanes) is 30. The number of phenolic OH excluding ortho intramolecular Hbond substituents is 2. The molecule has 55 heavy (non-hydrogen) atoms. The molecule has 6 nitrogen and oxygen atoms in total. The van der Waals surface area contributed by atoms with Crippen molar-refractivity contribution in [1.82, 2.24) is 0 Å². The van der Waals surface area contributed by atoms with Gasteiger partial charge >= 0.3 is 0 Å². The van der Waals surface area contributed by atoms with Crippen LogP contribution in [0.1, 0.15) is 219 Å². The number of aromatic hydroxyl groups is 2. The van der Waals surface area contributed by atoms with Crippen molar-refractivity contribution in [3.8, 4) is 23.0 Å². The second-order valence-corrected chi connectivity index (χ2v) is 18.0. The molecular formula is C48H82O6S. The van der Waals surface area contributed by atoms with Gasteiger partial charge in [0, 0.05) is 12.1 Å². The summed E-state index contributed by atoms with van der Waals surface area (Å²) >= 11 is 0. The zero-order valence-electron chi connectivity index (χ0n) is 35.4. The van der Waals surface area contributed by atoms with Crippen LogP contribution in [0.4, 0.5) is 0 Å². The first-order valence-corrected chi connectivity index (χ1v) is 24.5. The quantitative estimate of drug-likeness (QED) is 0.0659. The van der Waals surface area contributed by atoms with Crippen molar-refractivity contribution in [3.63, 3.8) is 0 Å². The molecule has 0 spiro atoms. The molecular weight excluding hydrogens is 705 g/mol. The Balaban J connectivity index is 1.59. The number of ether oxygens (including phenoxy) is 2. The Morgan fingerprint density at radius 3 is 0.873 bits per heavy atom. The number of hydrogen-bond acceptors (Lipinski definition) is 6. The highest BCUT2D eigenvalue weighted by atomic mass is 32.2. The third-order valence-electron chi connectivity index (χ3n) is 11.0. The molecule has 316 valence electrons. The maximum absolute atomic E-state index is 13.6. The zero-order valence-corrected chi connectivity index (χ0v) is 36.3. The fourth-order valence-electron chi connectivity index (χ4n) is 7.36. The minimum absolute atomic E-state index is 0.0294. The lowest BCUT2D eigenvalue weighted by Crippen LogP contribution is -2.05. The molecule has 0 aromatic heterocycles. The summed E-state index contributed by atoms with van der Waals surface area (Å²) in [5.74, 6) is 0.175. The normalized spacial score (nSPS) is 11.7. The van der Waals surface area contributed by atoms with Gasteiger partial charge in [0.05, 0.1) is 23.0 Å². The molecule has 0 fully saturated rings. The van der Waals surface area contributed by atoms with Crippen molar-refractivity contribution in [2.24, 2.45) is 0 Å². The molecule has 2 aromatic rings. The van der Waals surface area contributed by atoms with E-state index < -0.39 is 9.84 Å². The van der Waals surface area contributed by atoms with Gasteiger partial charge < -0.3 is 19.7 Å². The van der Waals surface area contributed by atoms with Gasteiger partial charge in [0.15, 0.2) is 23.0 Å². The zero-order chi connectivity index (χ0) is 39.7. The van der Waals surface area contributed by atoms with Crippen LogP contribution in [-0.2, 0) is 9.84 Å². The highest BCUT2D eigenvalue weighted by Crippen LogP contribution is 2.35. The van der Waals surface area contributed by atoms with Crippen molar-refractivity contribution in [2.45, 2.75) is 229 Å². The van der Waals surface area contributed by atoms with Crippen LogP contribution in [0.25, 0.3) is 0 Å². The largest absolute Gasteiger partial charge is 0.504 e. The lowest BCUT2D eigenvalue weighted by molar-refractivity contribution is 0.287. The lowest BCUT2D eigenvalue weighted by Gasteiger charge is -2.13. The molecule has 2 aromatic carbocycles. The molecule has 0 saturated heterocycles. The van der Waals surface area contributed by atoms with Crippen LogP contribution >= 0.6 is 0 Å². The monoisotopic (exact) mass is 787 g/mol. The van der Waals surface area contributed by atoms with E-state index in [-0.39, 0.29) is 32.8 Å². The highest BCUT2D eigenvalue weighted by Gasteiger charge is 2.22. The van der Waals surface area contributed by atoms with Crippen LogP contribution in [-0.4, -0.2) is 31.8 Å². The standard InChI is InChI=1S/C48H82O6S/c1-3-5-7-9-11-13-15-17-19-21-23-25-27-29-31-33-39-53-47-41-43(35-37-45(47)49)55(51,52)44-36-38-46(50)48(42-44)54-40-34-32-30-28-26-24-22-20-18-16-14-12-10-8-6-4-2/h35-38,41-42,49-50H,3-34,39-40H2,1-2H3. The SMILES string of the molecule is CCCCCCCCCCCCCCCCCCOc1cc(S(=O)(=O)c2ccc(O)c(OCCCCCCCCCCCCCCCCCC)c2)ccc1O. The summed E-state index contributed by atoms with van der Waals surface area (Å²) in [6.07, 6.45) is 41.4. The molecule has 0 aliphatic carbocycles. The molecule has 2 rings (SSSR count). The van der Waals surface area contributed by atoms with Crippen molar-refractivity contribution in [3.05, 3.63) is 36.4 Å². The average Bonchev–Trinajstić information content (AvgIpc) is 3.18. The van der Waals surface area contributed by atoms with Gasteiger partial charge in [0.25, 0.3) is 0 Å². The van der Waals surface area contributed by atoms with Gasteiger partial charge in [-0.2, -0.15) is 0 Å². The number of hydrogen-bond donors (Lipinski definition) is 2. The van der Waals surface area contributed by atoms with E-state index in [9.17, 15) is 18.6 Å². The summed E-state index contributed by atoms with van der Waals surface area (Å²) in [5.41, 5.74) is 0. The fraction of sp³-hybridized carbons (Fsp3) is 0.750. The Labute approximate surface area is 338 Å². The molecule has 0 bridgehead atoms. The van der Waals surface area contributed by atoms with E-state index in [4.69, 9.17) is 9.47 Å². The number of sulfone groups is 1. The van der Waals surface area contributed by atoms with E-state index in [1.54, 1.807) is 0 Å². The van der Waals surface area contributed by atoms with Crippen molar-refractivity contribution in [2.75, 3.05) is 13.2 Å². The van der Waals surface area contributed by atoms with E-state index in [1.807, 2.05) is 0 Å². The van der Waals surface area contributed by atoms with E-state index in [2.05, 4.69) is 13.8 Å². The molecule has 0 unspecified atom stereocenters. The number of phenols is 2. The second-order valence-electron chi connectivity index (χ2n) is 16.1. The summed E-state index contributed by atoms with van der Waals surface area (Å²) in [5, 5.41) is 20.8. The molecule has 0 aliphatic rings. The Morgan fingerprint density at radius 2 is 0.618 bits per heavy atom. The second kappa shape index (κ2) is 32.7. The van der Waals surface area contributed by atoms with Crippen LogP contribution in [0, 0.1) is 0 Å². The van der Waals surface area contributed by atoms with Gasteiger partial charge in [0.1, 0.15) is 0 Å². The van der Waals surface area contributed by atoms with Crippen molar-refractivity contribution < 1.29 is 28.1 Å². The smallest absolute Gasteiger partial charge is 0.206 e. The van der Waals surface area contributed by atoms with Crippen LogP contribution in [0.15, 0.2) is 46.2 Å². The Morgan fingerprint density at radius 1 is 0.382 bits per heavy atom.